The number of rotatable bonds is 4. The second-order valence-corrected chi connectivity index (χ2v) is 5.59. The summed E-state index contributed by atoms with van der Waals surface area (Å²) in [6.45, 7) is 2.17. The molecule has 1 amide bonds. The van der Waals surface area contributed by atoms with E-state index in [1.54, 1.807) is 11.0 Å². The third-order valence-corrected chi connectivity index (χ3v) is 4.10. The van der Waals surface area contributed by atoms with E-state index in [4.69, 9.17) is 11.6 Å². The lowest BCUT2D eigenvalue weighted by atomic mass is 9.96. The highest BCUT2D eigenvalue weighted by Crippen LogP contribution is 2.30. The van der Waals surface area contributed by atoms with Crippen molar-refractivity contribution >= 4 is 35.6 Å². The van der Waals surface area contributed by atoms with Crippen molar-refractivity contribution in [1.29, 1.82) is 0 Å². The van der Waals surface area contributed by atoms with Gasteiger partial charge in [0.1, 0.15) is 10.6 Å². The molecule has 1 saturated heterocycles. The molecule has 1 aromatic carbocycles. The van der Waals surface area contributed by atoms with Gasteiger partial charge in [0, 0.05) is 13.1 Å². The Balaban J connectivity index is 0.00000242. The van der Waals surface area contributed by atoms with Crippen LogP contribution < -0.4 is 5.32 Å². The van der Waals surface area contributed by atoms with E-state index in [-0.39, 0.29) is 34.6 Å². The fourth-order valence-electron chi connectivity index (χ4n) is 2.67. The first-order valence-electron chi connectivity index (χ1n) is 6.91. The lowest BCUT2D eigenvalue weighted by molar-refractivity contribution is -0.385. The number of nitrogens with one attached hydrogen (secondary N) is 1. The molecule has 122 valence electrons. The zero-order valence-electron chi connectivity index (χ0n) is 12.3. The quantitative estimate of drug-likeness (QED) is 0.671. The molecular weight excluding hydrogens is 329 g/mol. The van der Waals surface area contributed by atoms with Gasteiger partial charge in [-0.2, -0.15) is 0 Å². The molecule has 0 radical (unpaired) electrons. The number of hydrogen-bond acceptors (Lipinski definition) is 4. The lowest BCUT2D eigenvalue weighted by Crippen LogP contribution is -2.40. The normalized spacial score (nSPS) is 15.3. The number of halogens is 2. The van der Waals surface area contributed by atoms with Crippen molar-refractivity contribution in [3.05, 3.63) is 38.9 Å². The predicted octanol–water partition coefficient (Wildman–Crippen LogP) is 2.74. The third kappa shape index (κ3) is 4.09. The Hall–Kier alpha value is -1.37. The summed E-state index contributed by atoms with van der Waals surface area (Å²) in [6, 6.07) is 4.46. The van der Waals surface area contributed by atoms with Crippen LogP contribution in [0.25, 0.3) is 0 Å². The molecule has 8 heteroatoms. The number of carbonyl (C=O) groups is 1. The predicted molar refractivity (Wildman–Crippen MR) is 87.9 cm³/mol. The number of nitro groups is 1. The average Bonchev–Trinajstić information content (AvgIpc) is 2.47. The number of amides is 1. The van der Waals surface area contributed by atoms with Crippen molar-refractivity contribution < 1.29 is 9.72 Å². The third-order valence-electron chi connectivity index (χ3n) is 3.79. The second kappa shape index (κ2) is 8.31. The number of nitro benzene ring substituents is 1. The number of hydrogen-bond donors (Lipinski definition) is 1. The van der Waals surface area contributed by atoms with Crippen molar-refractivity contribution in [2.45, 2.75) is 12.8 Å². The van der Waals surface area contributed by atoms with Crippen LogP contribution in [0.4, 0.5) is 5.69 Å². The van der Waals surface area contributed by atoms with E-state index in [0.717, 1.165) is 19.4 Å². The highest BCUT2D eigenvalue weighted by molar-refractivity contribution is 6.33. The smallest absolute Gasteiger partial charge is 0.300 e. The van der Waals surface area contributed by atoms with Crippen LogP contribution in [-0.2, 0) is 0 Å². The van der Waals surface area contributed by atoms with E-state index in [1.165, 1.54) is 12.1 Å². The lowest BCUT2D eigenvalue weighted by Gasteiger charge is -2.31. The van der Waals surface area contributed by atoms with Crippen molar-refractivity contribution in [3.63, 3.8) is 0 Å². The SMILES string of the molecule is CNCC1CCN(C(=O)c2cccc(Cl)c2[N+](=O)[O-])CC1.Cl. The molecule has 0 aromatic heterocycles. The van der Waals surface area contributed by atoms with Gasteiger partial charge in [-0.15, -0.1) is 12.4 Å². The summed E-state index contributed by atoms with van der Waals surface area (Å²) in [4.78, 5) is 24.7. The number of benzene rings is 1. The Labute approximate surface area is 140 Å². The Morgan fingerprint density at radius 2 is 2.09 bits per heavy atom. The molecule has 0 atom stereocenters. The Kier molecular flexibility index (Phi) is 7.06. The van der Waals surface area contributed by atoms with Crippen LogP contribution in [0.2, 0.25) is 5.02 Å². The minimum Gasteiger partial charge on any atom is -0.338 e. The number of piperidine rings is 1. The topological polar surface area (TPSA) is 75.5 Å². The van der Waals surface area contributed by atoms with Crippen LogP contribution in [0.1, 0.15) is 23.2 Å². The van der Waals surface area contributed by atoms with Gasteiger partial charge >= 0.3 is 5.69 Å². The molecule has 0 aliphatic carbocycles. The summed E-state index contributed by atoms with van der Waals surface area (Å²) in [5.41, 5.74) is -0.235. The number of nitrogens with zero attached hydrogens (tertiary/aromatic N) is 2. The molecule has 1 aromatic rings. The standard InChI is InChI=1S/C14H18ClN3O3.ClH/c1-16-9-10-5-7-17(8-6-10)14(19)11-3-2-4-12(15)13(11)18(20)21;/h2-4,10,16H,5-9H2,1H3;1H. The monoisotopic (exact) mass is 347 g/mol. The molecule has 0 unspecified atom stereocenters. The maximum Gasteiger partial charge on any atom is 0.300 e. The maximum atomic E-state index is 12.5. The van der Waals surface area contributed by atoms with Crippen molar-refractivity contribution in [1.82, 2.24) is 10.2 Å². The number of carbonyl (C=O) groups excluding carboxylic acids is 1. The van der Waals surface area contributed by atoms with Gasteiger partial charge < -0.3 is 10.2 Å². The van der Waals surface area contributed by atoms with Gasteiger partial charge in [0.15, 0.2) is 0 Å². The van der Waals surface area contributed by atoms with Gasteiger partial charge in [-0.1, -0.05) is 17.7 Å². The van der Waals surface area contributed by atoms with Gasteiger partial charge in [-0.25, -0.2) is 0 Å². The van der Waals surface area contributed by atoms with Crippen LogP contribution >= 0.6 is 24.0 Å². The van der Waals surface area contributed by atoms with Crippen LogP contribution in [-0.4, -0.2) is 42.4 Å². The van der Waals surface area contributed by atoms with Gasteiger partial charge in [0.25, 0.3) is 5.91 Å². The molecule has 22 heavy (non-hydrogen) atoms. The summed E-state index contributed by atoms with van der Waals surface area (Å²) in [5.74, 6) is 0.237. The first-order valence-corrected chi connectivity index (χ1v) is 7.29. The summed E-state index contributed by atoms with van der Waals surface area (Å²) in [6.07, 6.45) is 1.81. The van der Waals surface area contributed by atoms with Gasteiger partial charge in [-0.05, 0) is 44.5 Å². The first kappa shape index (κ1) is 18.7. The highest BCUT2D eigenvalue weighted by Gasteiger charge is 2.29. The van der Waals surface area contributed by atoms with Crippen LogP contribution in [0.15, 0.2) is 18.2 Å². The minimum absolute atomic E-state index is 0. The first-order chi connectivity index (χ1) is 10.0. The van der Waals surface area contributed by atoms with Gasteiger partial charge in [0.2, 0.25) is 0 Å². The van der Waals surface area contributed by atoms with E-state index in [2.05, 4.69) is 5.32 Å². The molecule has 1 fully saturated rings. The van der Waals surface area contributed by atoms with E-state index in [1.807, 2.05) is 7.05 Å². The Morgan fingerprint density at radius 1 is 1.45 bits per heavy atom. The van der Waals surface area contributed by atoms with Crippen molar-refractivity contribution in [2.24, 2.45) is 5.92 Å². The molecule has 2 rings (SSSR count). The van der Waals surface area contributed by atoms with E-state index >= 15 is 0 Å². The summed E-state index contributed by atoms with van der Waals surface area (Å²) >= 11 is 5.85. The molecule has 1 N–H and O–H groups in total. The molecule has 0 bridgehead atoms. The Bertz CT molecular complexity index is 546. The summed E-state index contributed by atoms with van der Waals surface area (Å²) in [5, 5.41) is 14.2. The maximum absolute atomic E-state index is 12.5. The van der Waals surface area contributed by atoms with Gasteiger partial charge in [0.05, 0.1) is 4.92 Å². The number of likely N-dealkylation sites (tertiary alicyclic amines) is 1. The fraction of sp³-hybridized carbons (Fsp3) is 0.500. The fourth-order valence-corrected chi connectivity index (χ4v) is 2.92. The average molecular weight is 348 g/mol. The largest absolute Gasteiger partial charge is 0.338 e. The minimum atomic E-state index is -0.594. The molecular formula is C14H19Cl2N3O3. The zero-order valence-corrected chi connectivity index (χ0v) is 13.8. The zero-order chi connectivity index (χ0) is 15.4. The van der Waals surface area contributed by atoms with Crippen molar-refractivity contribution in [3.8, 4) is 0 Å². The van der Waals surface area contributed by atoms with Crippen LogP contribution in [0, 0.1) is 16.0 Å². The highest BCUT2D eigenvalue weighted by atomic mass is 35.5. The molecule has 6 nitrogen and oxygen atoms in total. The van der Waals surface area contributed by atoms with E-state index in [0.29, 0.717) is 19.0 Å². The van der Waals surface area contributed by atoms with E-state index < -0.39 is 4.92 Å². The molecule has 1 heterocycles. The molecule has 0 spiro atoms. The Morgan fingerprint density at radius 3 is 2.64 bits per heavy atom. The van der Waals surface area contributed by atoms with Crippen LogP contribution in [0.3, 0.4) is 0 Å². The van der Waals surface area contributed by atoms with Crippen LogP contribution in [0.5, 0.6) is 0 Å². The molecule has 0 saturated carbocycles. The van der Waals surface area contributed by atoms with Crippen molar-refractivity contribution in [2.75, 3.05) is 26.7 Å². The number of para-hydroxylation sites is 1. The van der Waals surface area contributed by atoms with Gasteiger partial charge in [-0.3, -0.25) is 14.9 Å². The second-order valence-electron chi connectivity index (χ2n) is 5.19. The van der Waals surface area contributed by atoms with E-state index in [9.17, 15) is 14.9 Å². The summed E-state index contributed by atoms with van der Waals surface area (Å²) in [7, 11) is 1.91. The summed E-state index contributed by atoms with van der Waals surface area (Å²) < 4.78 is 0. The molecule has 1 aliphatic heterocycles. The molecule has 1 aliphatic rings.